The Morgan fingerprint density at radius 2 is 1.86 bits per heavy atom. The number of halogens is 1. The van der Waals surface area contributed by atoms with Crippen LogP contribution >= 0.6 is 11.6 Å². The molecule has 0 aliphatic carbocycles. The molecule has 0 bridgehead atoms. The smallest absolute Gasteiger partial charge is 0.338 e. The summed E-state index contributed by atoms with van der Waals surface area (Å²) in [5.41, 5.74) is 0.994. The van der Waals surface area contributed by atoms with Gasteiger partial charge in [0.25, 0.3) is 0 Å². The van der Waals surface area contributed by atoms with E-state index < -0.39 is 5.97 Å². The van der Waals surface area contributed by atoms with Gasteiger partial charge < -0.3 is 5.11 Å². The van der Waals surface area contributed by atoms with E-state index in [4.69, 9.17) is 11.6 Å². The Labute approximate surface area is 124 Å². The van der Waals surface area contributed by atoms with Crippen LogP contribution in [0.4, 0.5) is 0 Å². The van der Waals surface area contributed by atoms with Crippen molar-refractivity contribution in [2.75, 3.05) is 0 Å². The fourth-order valence-electron chi connectivity index (χ4n) is 1.90. The summed E-state index contributed by atoms with van der Waals surface area (Å²) in [4.78, 5) is 12.4. The number of benzene rings is 2. The molecule has 0 aliphatic heterocycles. The zero-order valence-corrected chi connectivity index (χ0v) is 11.4. The van der Waals surface area contributed by atoms with E-state index in [1.165, 1.54) is 6.07 Å². The van der Waals surface area contributed by atoms with Gasteiger partial charge in [0.05, 0.1) is 10.6 Å². The third kappa shape index (κ3) is 2.48. The Bertz CT molecular complexity index is 802. The minimum absolute atomic E-state index is 0.0134. The van der Waals surface area contributed by atoms with E-state index in [9.17, 15) is 9.90 Å². The molecular formula is C14H9ClN4O2. The second kappa shape index (κ2) is 5.34. The first kappa shape index (κ1) is 13.3. The number of hydrogen-bond acceptors (Lipinski definition) is 4. The van der Waals surface area contributed by atoms with Gasteiger partial charge in [0, 0.05) is 5.56 Å². The van der Waals surface area contributed by atoms with Crippen molar-refractivity contribution in [1.29, 1.82) is 0 Å². The largest absolute Gasteiger partial charge is 0.478 e. The Morgan fingerprint density at radius 1 is 1.10 bits per heavy atom. The van der Waals surface area contributed by atoms with E-state index in [2.05, 4.69) is 15.4 Å². The predicted octanol–water partition coefficient (Wildman–Crippen LogP) is 2.68. The number of rotatable bonds is 3. The number of carboxylic acids is 1. The number of carboxylic acid groups (broad SMARTS) is 1. The fourth-order valence-corrected chi connectivity index (χ4v) is 2.15. The molecular weight excluding hydrogens is 292 g/mol. The van der Waals surface area contributed by atoms with Crippen LogP contribution < -0.4 is 0 Å². The summed E-state index contributed by atoms with van der Waals surface area (Å²) in [5.74, 6) is -0.710. The lowest BCUT2D eigenvalue weighted by molar-refractivity contribution is 0.0696. The van der Waals surface area contributed by atoms with Gasteiger partial charge in [-0.25, -0.2) is 4.79 Å². The maximum Gasteiger partial charge on any atom is 0.338 e. The Morgan fingerprint density at radius 3 is 2.57 bits per heavy atom. The van der Waals surface area contributed by atoms with Crippen molar-refractivity contribution >= 4 is 17.6 Å². The van der Waals surface area contributed by atoms with Gasteiger partial charge in [-0.3, -0.25) is 0 Å². The van der Waals surface area contributed by atoms with Crippen molar-refractivity contribution < 1.29 is 9.90 Å². The predicted molar refractivity (Wildman–Crippen MR) is 76.6 cm³/mol. The van der Waals surface area contributed by atoms with Gasteiger partial charge in [-0.1, -0.05) is 48.0 Å². The van der Waals surface area contributed by atoms with Crippen molar-refractivity contribution in [2.24, 2.45) is 0 Å². The number of para-hydroxylation sites is 1. The second-order valence-corrected chi connectivity index (χ2v) is 4.62. The summed E-state index contributed by atoms with van der Waals surface area (Å²) in [6, 6.07) is 13.8. The van der Waals surface area contributed by atoms with Gasteiger partial charge in [-0.2, -0.15) is 0 Å². The van der Waals surface area contributed by atoms with Gasteiger partial charge >= 0.3 is 5.97 Å². The molecule has 0 saturated heterocycles. The summed E-state index contributed by atoms with van der Waals surface area (Å²) in [7, 11) is 0. The van der Waals surface area contributed by atoms with E-state index in [1.54, 1.807) is 12.1 Å². The highest BCUT2D eigenvalue weighted by Crippen LogP contribution is 2.24. The molecule has 0 atom stereocenters. The average Bonchev–Trinajstić information content (AvgIpc) is 2.97. The van der Waals surface area contributed by atoms with E-state index >= 15 is 0 Å². The highest BCUT2D eigenvalue weighted by Gasteiger charge is 2.18. The third-order valence-corrected chi connectivity index (χ3v) is 3.17. The molecule has 6 nitrogen and oxygen atoms in total. The molecule has 2 aromatic carbocycles. The van der Waals surface area contributed by atoms with Crippen LogP contribution in [0.5, 0.6) is 0 Å². The first-order chi connectivity index (χ1) is 10.2. The van der Waals surface area contributed by atoms with Gasteiger partial charge in [-0.05, 0) is 17.3 Å². The highest BCUT2D eigenvalue weighted by atomic mass is 35.5. The molecule has 7 heteroatoms. The molecule has 0 fully saturated rings. The lowest BCUT2D eigenvalue weighted by atomic mass is 10.2. The molecule has 1 heterocycles. The molecule has 104 valence electrons. The normalized spacial score (nSPS) is 10.5. The minimum atomic E-state index is -1.11. The van der Waals surface area contributed by atoms with Crippen LogP contribution in [0.3, 0.4) is 0 Å². The van der Waals surface area contributed by atoms with Crippen molar-refractivity contribution in [3.05, 3.63) is 59.1 Å². The Hall–Kier alpha value is -2.73. The second-order valence-electron chi connectivity index (χ2n) is 4.21. The number of aromatic carboxylic acids is 1. The van der Waals surface area contributed by atoms with Crippen molar-refractivity contribution in [2.45, 2.75) is 0 Å². The molecule has 3 aromatic rings. The topological polar surface area (TPSA) is 80.9 Å². The Balaban J connectivity index is 2.11. The van der Waals surface area contributed by atoms with Crippen molar-refractivity contribution in [1.82, 2.24) is 20.2 Å². The zero-order chi connectivity index (χ0) is 14.8. The molecule has 0 amide bonds. The number of tetrazole rings is 1. The Kier molecular flexibility index (Phi) is 3.37. The van der Waals surface area contributed by atoms with Crippen LogP contribution in [0.25, 0.3) is 17.1 Å². The summed E-state index contributed by atoms with van der Waals surface area (Å²) in [6.45, 7) is 0. The number of nitrogens with zero attached hydrogens (tertiary/aromatic N) is 4. The molecule has 0 unspecified atom stereocenters. The van der Waals surface area contributed by atoms with E-state index in [-0.39, 0.29) is 16.3 Å². The monoisotopic (exact) mass is 300 g/mol. The summed E-state index contributed by atoms with van der Waals surface area (Å²) >= 11 is 6.07. The average molecular weight is 301 g/mol. The first-order valence-corrected chi connectivity index (χ1v) is 6.42. The number of aromatic nitrogens is 4. The van der Waals surface area contributed by atoms with Crippen LogP contribution in [-0.2, 0) is 0 Å². The minimum Gasteiger partial charge on any atom is -0.478 e. The van der Waals surface area contributed by atoms with Crippen molar-refractivity contribution in [3.8, 4) is 17.1 Å². The lowest BCUT2D eigenvalue weighted by Gasteiger charge is -2.05. The standard InChI is InChI=1S/C14H9ClN4O2/c15-11-8-4-7-10(14(20)21)12(11)19-17-13(16-18-19)9-5-2-1-3-6-9/h1-8H,(H,20,21). The van der Waals surface area contributed by atoms with Gasteiger partial charge in [0.2, 0.25) is 5.82 Å². The molecule has 1 N–H and O–H groups in total. The third-order valence-electron chi connectivity index (χ3n) is 2.86. The maximum atomic E-state index is 11.3. The van der Waals surface area contributed by atoms with E-state index in [0.717, 1.165) is 10.4 Å². The molecule has 0 aliphatic rings. The van der Waals surface area contributed by atoms with Gasteiger partial charge in [0.15, 0.2) is 0 Å². The van der Waals surface area contributed by atoms with E-state index in [0.29, 0.717) is 5.82 Å². The highest BCUT2D eigenvalue weighted by molar-refractivity contribution is 6.33. The molecule has 3 rings (SSSR count). The van der Waals surface area contributed by atoms with Crippen LogP contribution in [0.2, 0.25) is 5.02 Å². The first-order valence-electron chi connectivity index (χ1n) is 6.04. The summed E-state index contributed by atoms with van der Waals surface area (Å²) in [5, 5.41) is 21.5. The van der Waals surface area contributed by atoms with Crippen molar-refractivity contribution in [3.63, 3.8) is 0 Å². The summed E-state index contributed by atoms with van der Waals surface area (Å²) in [6.07, 6.45) is 0. The molecule has 0 radical (unpaired) electrons. The molecule has 0 saturated carbocycles. The van der Waals surface area contributed by atoms with Crippen LogP contribution in [0.1, 0.15) is 10.4 Å². The number of carbonyl (C=O) groups is 1. The van der Waals surface area contributed by atoms with Crippen LogP contribution in [0, 0.1) is 0 Å². The molecule has 1 aromatic heterocycles. The quantitative estimate of drug-likeness (QED) is 0.804. The van der Waals surface area contributed by atoms with Crippen LogP contribution in [0.15, 0.2) is 48.5 Å². The fraction of sp³-hybridized carbons (Fsp3) is 0. The lowest BCUT2D eigenvalue weighted by Crippen LogP contribution is -2.08. The molecule has 21 heavy (non-hydrogen) atoms. The SMILES string of the molecule is O=C(O)c1cccc(Cl)c1-n1nnc(-c2ccccc2)n1. The maximum absolute atomic E-state index is 11.3. The summed E-state index contributed by atoms with van der Waals surface area (Å²) < 4.78 is 0. The zero-order valence-electron chi connectivity index (χ0n) is 10.6. The number of hydrogen-bond donors (Lipinski definition) is 1. The molecule has 0 spiro atoms. The van der Waals surface area contributed by atoms with E-state index in [1.807, 2.05) is 30.3 Å². The van der Waals surface area contributed by atoms with Gasteiger partial charge in [0.1, 0.15) is 5.69 Å². The van der Waals surface area contributed by atoms with Gasteiger partial charge in [-0.15, -0.1) is 15.0 Å². The van der Waals surface area contributed by atoms with Crippen LogP contribution in [-0.4, -0.2) is 31.3 Å².